The fourth-order valence-corrected chi connectivity index (χ4v) is 1.68. The molecule has 0 aromatic heterocycles. The summed E-state index contributed by atoms with van der Waals surface area (Å²) in [4.78, 5) is 0. The van der Waals surface area contributed by atoms with Gasteiger partial charge in [0, 0.05) is 0 Å². The van der Waals surface area contributed by atoms with Crippen LogP contribution >= 0.6 is 0 Å². The Labute approximate surface area is 152 Å². The van der Waals surface area contributed by atoms with Gasteiger partial charge in [0.25, 0.3) is 0 Å². The van der Waals surface area contributed by atoms with Crippen molar-refractivity contribution in [2.24, 2.45) is 0 Å². The van der Waals surface area contributed by atoms with E-state index in [4.69, 9.17) is 0 Å². The van der Waals surface area contributed by atoms with Crippen molar-refractivity contribution < 1.29 is 0 Å². The zero-order chi connectivity index (χ0) is 17.7. The highest BCUT2D eigenvalue weighted by Crippen LogP contribution is 1.91. The van der Waals surface area contributed by atoms with Gasteiger partial charge in [0.15, 0.2) is 0 Å². The maximum Gasteiger partial charge on any atom is -0.0163 e. The molecule has 0 unspecified atom stereocenters. The average Bonchev–Trinajstić information content (AvgIpc) is 2.62. The Kier molecular flexibility index (Phi) is 13.7. The first-order chi connectivity index (χ1) is 12.5. The highest BCUT2D eigenvalue weighted by Gasteiger charge is 1.69. The third-order valence-corrected chi connectivity index (χ3v) is 2.88. The molecule has 126 valence electrons. The topological polar surface area (TPSA) is 0 Å². The summed E-state index contributed by atoms with van der Waals surface area (Å²) in [5.74, 6) is 0. The second kappa shape index (κ2) is 17.2. The van der Waals surface area contributed by atoms with E-state index in [0.717, 1.165) is 6.42 Å². The fourth-order valence-electron chi connectivity index (χ4n) is 1.68. The second-order valence-electron chi connectivity index (χ2n) is 4.94. The summed E-state index contributed by atoms with van der Waals surface area (Å²) < 4.78 is 0. The summed E-state index contributed by atoms with van der Waals surface area (Å²) in [6.07, 6.45) is 49.5. The molecule has 0 heteroatoms. The van der Waals surface area contributed by atoms with Crippen LogP contribution in [0, 0.1) is 0 Å². The minimum absolute atomic E-state index is 0.929. The van der Waals surface area contributed by atoms with E-state index in [0.29, 0.717) is 0 Å². The van der Waals surface area contributed by atoms with Crippen molar-refractivity contribution in [3.05, 3.63) is 146 Å². The maximum absolute atomic E-state index is 2.12. The van der Waals surface area contributed by atoms with Crippen molar-refractivity contribution in [1.29, 1.82) is 0 Å². The highest BCUT2D eigenvalue weighted by atomic mass is 13.8. The first kappa shape index (κ1) is 19.9. The van der Waals surface area contributed by atoms with Crippen molar-refractivity contribution in [1.82, 2.24) is 0 Å². The summed E-state index contributed by atoms with van der Waals surface area (Å²) in [6.45, 7) is 0. The van der Waals surface area contributed by atoms with E-state index in [-0.39, 0.29) is 0 Å². The number of allylic oxidation sites excluding steroid dienone is 24. The van der Waals surface area contributed by atoms with Gasteiger partial charge in [0.1, 0.15) is 0 Å². The number of hydrogen-bond acceptors (Lipinski definition) is 0. The molecular weight excluding hydrogens is 300 g/mol. The van der Waals surface area contributed by atoms with Gasteiger partial charge in [-0.05, 0) is 6.42 Å². The fraction of sp³-hybridized carbons (Fsp3) is 0.0400. The summed E-state index contributed by atoms with van der Waals surface area (Å²) in [7, 11) is 0. The molecule has 0 amide bonds. The lowest BCUT2D eigenvalue weighted by Gasteiger charge is -1.79. The molecule has 0 aromatic rings. The molecule has 0 heterocycles. The van der Waals surface area contributed by atoms with Gasteiger partial charge in [-0.1, -0.05) is 146 Å². The van der Waals surface area contributed by atoms with Crippen LogP contribution in [-0.4, -0.2) is 0 Å². The number of rotatable bonds is 0. The van der Waals surface area contributed by atoms with Gasteiger partial charge in [0.2, 0.25) is 0 Å². The summed E-state index contributed by atoms with van der Waals surface area (Å²) >= 11 is 0. The van der Waals surface area contributed by atoms with Crippen LogP contribution in [-0.2, 0) is 0 Å². The smallest absolute Gasteiger partial charge is 0.0163 e. The minimum atomic E-state index is 0.929. The van der Waals surface area contributed by atoms with Crippen LogP contribution in [0.25, 0.3) is 0 Å². The molecule has 0 N–H and O–H groups in total. The first-order valence-corrected chi connectivity index (χ1v) is 8.48. The van der Waals surface area contributed by atoms with Gasteiger partial charge in [-0.3, -0.25) is 0 Å². The lowest BCUT2D eigenvalue weighted by Crippen LogP contribution is -1.58. The molecule has 1 aliphatic carbocycles. The third kappa shape index (κ3) is 15.5. The predicted octanol–water partition coefficient (Wildman–Crippen LogP) is 7.06. The van der Waals surface area contributed by atoms with Crippen LogP contribution in [0.5, 0.6) is 0 Å². The Morgan fingerprint density at radius 1 is 0.200 bits per heavy atom. The van der Waals surface area contributed by atoms with E-state index in [1.165, 1.54) is 0 Å². The zero-order valence-corrected chi connectivity index (χ0v) is 14.6. The van der Waals surface area contributed by atoms with Crippen LogP contribution in [0.15, 0.2) is 146 Å². The van der Waals surface area contributed by atoms with Crippen LogP contribution in [0.3, 0.4) is 0 Å². The van der Waals surface area contributed by atoms with Crippen molar-refractivity contribution in [2.45, 2.75) is 6.42 Å². The van der Waals surface area contributed by atoms with Gasteiger partial charge in [-0.15, -0.1) is 0 Å². The molecule has 0 aliphatic heterocycles. The van der Waals surface area contributed by atoms with Gasteiger partial charge in [0.05, 0.1) is 0 Å². The third-order valence-electron chi connectivity index (χ3n) is 2.88. The van der Waals surface area contributed by atoms with E-state index >= 15 is 0 Å². The molecule has 1 aliphatic rings. The predicted molar refractivity (Wildman–Crippen MR) is 114 cm³/mol. The quantitative estimate of drug-likeness (QED) is 0.447. The standard InChI is InChI=1S/C25H26/c1-2-4-6-8-10-12-14-16-18-20-22-24-25-23-21-19-17-15-13-11-9-7-5-3-1/h1-24H,25H2/b3-1-,4-2+,7-5+,8-6+,11-9-,12-10-,15-13-,16-14+,19-17+,20-18+,23-21?,24-22+. The molecule has 0 atom stereocenters. The normalized spacial score (nSPS) is 30.4. The Bertz CT molecular complexity index is 616. The van der Waals surface area contributed by atoms with Gasteiger partial charge in [-0.2, -0.15) is 0 Å². The van der Waals surface area contributed by atoms with Gasteiger partial charge < -0.3 is 0 Å². The van der Waals surface area contributed by atoms with Crippen molar-refractivity contribution in [2.75, 3.05) is 0 Å². The Morgan fingerprint density at radius 3 is 0.560 bits per heavy atom. The van der Waals surface area contributed by atoms with E-state index in [1.807, 2.05) is 122 Å². The average molecular weight is 326 g/mol. The maximum atomic E-state index is 2.12. The SMILES string of the molecule is C1=CC/C=C/C=C/C=C/C=C\C=C\C=C\C=C/C=C/C=C\C=C/C=C/1. The van der Waals surface area contributed by atoms with Gasteiger partial charge >= 0.3 is 0 Å². The first-order valence-electron chi connectivity index (χ1n) is 8.48. The van der Waals surface area contributed by atoms with Gasteiger partial charge in [-0.25, -0.2) is 0 Å². The molecule has 25 heavy (non-hydrogen) atoms. The van der Waals surface area contributed by atoms with E-state index in [1.54, 1.807) is 0 Å². The molecule has 0 saturated carbocycles. The van der Waals surface area contributed by atoms with E-state index in [9.17, 15) is 0 Å². The molecule has 0 aromatic carbocycles. The second-order valence-corrected chi connectivity index (χ2v) is 4.94. The minimum Gasteiger partial charge on any atom is -0.0807 e. The molecular formula is C25H26. The van der Waals surface area contributed by atoms with Crippen LogP contribution < -0.4 is 0 Å². The lowest BCUT2D eigenvalue weighted by molar-refractivity contribution is 1.39. The Hall–Kier alpha value is -3.12. The summed E-state index contributed by atoms with van der Waals surface area (Å²) in [5, 5.41) is 0. The number of hydrogen-bond donors (Lipinski definition) is 0. The van der Waals surface area contributed by atoms with Crippen LogP contribution in [0.4, 0.5) is 0 Å². The van der Waals surface area contributed by atoms with E-state index in [2.05, 4.69) is 24.3 Å². The zero-order valence-electron chi connectivity index (χ0n) is 14.6. The Morgan fingerprint density at radius 2 is 0.360 bits per heavy atom. The summed E-state index contributed by atoms with van der Waals surface area (Å²) in [6, 6.07) is 0. The Balaban J connectivity index is 2.64. The van der Waals surface area contributed by atoms with Crippen molar-refractivity contribution >= 4 is 0 Å². The van der Waals surface area contributed by atoms with Crippen molar-refractivity contribution in [3.8, 4) is 0 Å². The largest absolute Gasteiger partial charge is 0.0807 e. The molecule has 0 spiro atoms. The molecule has 0 saturated heterocycles. The lowest BCUT2D eigenvalue weighted by atomic mass is 10.3. The van der Waals surface area contributed by atoms with Crippen LogP contribution in [0.2, 0.25) is 0 Å². The van der Waals surface area contributed by atoms with Crippen LogP contribution in [0.1, 0.15) is 6.42 Å². The monoisotopic (exact) mass is 326 g/mol. The molecule has 0 bridgehead atoms. The molecule has 0 radical (unpaired) electrons. The molecule has 1 rings (SSSR count). The highest BCUT2D eigenvalue weighted by molar-refractivity contribution is 5.23. The molecule has 0 nitrogen and oxygen atoms in total. The molecule has 0 fully saturated rings. The van der Waals surface area contributed by atoms with Crippen molar-refractivity contribution in [3.63, 3.8) is 0 Å². The van der Waals surface area contributed by atoms with E-state index < -0.39 is 0 Å². The summed E-state index contributed by atoms with van der Waals surface area (Å²) in [5.41, 5.74) is 0.